The van der Waals surface area contributed by atoms with Gasteiger partial charge in [0.2, 0.25) is 5.88 Å². The maximum absolute atomic E-state index is 5.82. The predicted molar refractivity (Wildman–Crippen MR) is 90.7 cm³/mol. The molecule has 3 nitrogen and oxygen atoms in total. The molecule has 22 heavy (non-hydrogen) atoms. The predicted octanol–water partition coefficient (Wildman–Crippen LogP) is 4.59. The summed E-state index contributed by atoms with van der Waals surface area (Å²) in [7, 11) is 0. The molecule has 0 aliphatic carbocycles. The van der Waals surface area contributed by atoms with Crippen molar-refractivity contribution < 1.29 is 4.74 Å². The van der Waals surface area contributed by atoms with Crippen LogP contribution in [0, 0.1) is 0 Å². The standard InChI is InChI=1S/C19H18N2O/c1-14(2)22-19-18(13-12-15-8-4-3-5-9-15)20-16-10-6-7-11-17(16)21-19/h3-14H,1-2H3/b13-12+. The van der Waals surface area contributed by atoms with Crippen LogP contribution in [0.2, 0.25) is 0 Å². The van der Waals surface area contributed by atoms with Gasteiger partial charge in [0.15, 0.2) is 0 Å². The van der Waals surface area contributed by atoms with E-state index >= 15 is 0 Å². The number of ether oxygens (including phenoxy) is 1. The molecule has 0 atom stereocenters. The molecule has 0 saturated heterocycles. The Morgan fingerprint density at radius 3 is 2.14 bits per heavy atom. The zero-order valence-corrected chi connectivity index (χ0v) is 12.7. The Balaban J connectivity index is 2.03. The van der Waals surface area contributed by atoms with Crippen LogP contribution in [0.4, 0.5) is 0 Å². The lowest BCUT2D eigenvalue weighted by Crippen LogP contribution is -2.09. The largest absolute Gasteiger partial charge is 0.473 e. The van der Waals surface area contributed by atoms with Crippen molar-refractivity contribution in [2.75, 3.05) is 0 Å². The fraction of sp³-hybridized carbons (Fsp3) is 0.158. The Hall–Kier alpha value is -2.68. The van der Waals surface area contributed by atoms with Gasteiger partial charge in [0.05, 0.1) is 17.1 Å². The molecule has 0 amide bonds. The highest BCUT2D eigenvalue weighted by Gasteiger charge is 2.09. The molecule has 3 rings (SSSR count). The summed E-state index contributed by atoms with van der Waals surface area (Å²) in [6.45, 7) is 3.98. The van der Waals surface area contributed by atoms with Crippen molar-refractivity contribution in [3.05, 3.63) is 65.9 Å². The SMILES string of the molecule is CC(C)Oc1nc2ccccc2nc1/C=C/c1ccccc1. The monoisotopic (exact) mass is 290 g/mol. The summed E-state index contributed by atoms with van der Waals surface area (Å²) in [5.74, 6) is 0.570. The second kappa shape index (κ2) is 6.39. The first-order chi connectivity index (χ1) is 10.7. The Labute approximate surface area is 130 Å². The van der Waals surface area contributed by atoms with Crippen molar-refractivity contribution in [3.63, 3.8) is 0 Å². The molecule has 0 saturated carbocycles. The van der Waals surface area contributed by atoms with E-state index in [1.807, 2.05) is 80.6 Å². The van der Waals surface area contributed by atoms with Gasteiger partial charge in [0.25, 0.3) is 0 Å². The molecule has 0 aliphatic rings. The van der Waals surface area contributed by atoms with Crippen molar-refractivity contribution in [1.82, 2.24) is 9.97 Å². The minimum Gasteiger partial charge on any atom is -0.473 e. The van der Waals surface area contributed by atoms with Crippen LogP contribution in [-0.4, -0.2) is 16.1 Å². The molecule has 0 aliphatic heterocycles. The van der Waals surface area contributed by atoms with Crippen LogP contribution in [-0.2, 0) is 0 Å². The molecule has 0 radical (unpaired) electrons. The molecule has 2 aromatic carbocycles. The normalized spacial score (nSPS) is 11.4. The first kappa shape index (κ1) is 14.3. The van der Waals surface area contributed by atoms with Crippen LogP contribution in [0.1, 0.15) is 25.1 Å². The summed E-state index contributed by atoms with van der Waals surface area (Å²) in [5, 5.41) is 0. The van der Waals surface area contributed by atoms with E-state index in [1.54, 1.807) is 0 Å². The van der Waals surface area contributed by atoms with Gasteiger partial charge in [0, 0.05) is 0 Å². The van der Waals surface area contributed by atoms with Gasteiger partial charge in [-0.1, -0.05) is 48.5 Å². The Kier molecular flexibility index (Phi) is 4.15. The third-order valence-electron chi connectivity index (χ3n) is 3.14. The zero-order chi connectivity index (χ0) is 15.4. The Bertz CT molecular complexity index is 795. The molecule has 1 aromatic heterocycles. The summed E-state index contributed by atoms with van der Waals surface area (Å²) in [6.07, 6.45) is 4.03. The van der Waals surface area contributed by atoms with Gasteiger partial charge in [-0.2, -0.15) is 0 Å². The fourth-order valence-corrected chi connectivity index (χ4v) is 2.16. The fourth-order valence-electron chi connectivity index (χ4n) is 2.16. The molecular formula is C19H18N2O. The quantitative estimate of drug-likeness (QED) is 0.705. The Morgan fingerprint density at radius 2 is 1.45 bits per heavy atom. The van der Waals surface area contributed by atoms with Crippen molar-refractivity contribution >= 4 is 23.2 Å². The molecule has 0 unspecified atom stereocenters. The van der Waals surface area contributed by atoms with E-state index in [2.05, 4.69) is 9.97 Å². The van der Waals surface area contributed by atoms with Crippen LogP contribution in [0.3, 0.4) is 0 Å². The Morgan fingerprint density at radius 1 is 0.818 bits per heavy atom. The molecule has 3 heteroatoms. The van der Waals surface area contributed by atoms with Crippen molar-refractivity contribution in [1.29, 1.82) is 0 Å². The molecule has 1 heterocycles. The minimum atomic E-state index is 0.0549. The number of fused-ring (bicyclic) bond motifs is 1. The summed E-state index contributed by atoms with van der Waals surface area (Å²) in [4.78, 5) is 9.26. The second-order valence-electron chi connectivity index (χ2n) is 5.31. The first-order valence-electron chi connectivity index (χ1n) is 7.39. The van der Waals surface area contributed by atoms with E-state index in [4.69, 9.17) is 4.74 Å². The van der Waals surface area contributed by atoms with Gasteiger partial charge in [-0.25, -0.2) is 9.97 Å². The minimum absolute atomic E-state index is 0.0549. The number of hydrogen-bond donors (Lipinski definition) is 0. The van der Waals surface area contributed by atoms with Crippen LogP contribution >= 0.6 is 0 Å². The smallest absolute Gasteiger partial charge is 0.240 e. The molecule has 0 N–H and O–H groups in total. The van der Waals surface area contributed by atoms with Crippen LogP contribution in [0.15, 0.2) is 54.6 Å². The third kappa shape index (κ3) is 3.31. The van der Waals surface area contributed by atoms with Crippen molar-refractivity contribution in [3.8, 4) is 5.88 Å². The van der Waals surface area contributed by atoms with E-state index in [-0.39, 0.29) is 6.10 Å². The van der Waals surface area contributed by atoms with E-state index in [0.29, 0.717) is 5.88 Å². The summed E-state index contributed by atoms with van der Waals surface area (Å²) in [6, 6.07) is 17.9. The molecular weight excluding hydrogens is 272 g/mol. The van der Waals surface area contributed by atoms with Crippen LogP contribution in [0.5, 0.6) is 5.88 Å². The van der Waals surface area contributed by atoms with Gasteiger partial charge >= 0.3 is 0 Å². The average Bonchev–Trinajstić information content (AvgIpc) is 2.53. The molecule has 3 aromatic rings. The number of para-hydroxylation sites is 2. The molecule has 0 fully saturated rings. The van der Waals surface area contributed by atoms with Crippen LogP contribution in [0.25, 0.3) is 23.2 Å². The van der Waals surface area contributed by atoms with Gasteiger partial charge in [0.1, 0.15) is 5.69 Å². The average molecular weight is 290 g/mol. The van der Waals surface area contributed by atoms with Crippen LogP contribution < -0.4 is 4.74 Å². The lowest BCUT2D eigenvalue weighted by atomic mass is 10.2. The third-order valence-corrected chi connectivity index (χ3v) is 3.14. The maximum Gasteiger partial charge on any atom is 0.240 e. The zero-order valence-electron chi connectivity index (χ0n) is 12.7. The highest BCUT2D eigenvalue weighted by Crippen LogP contribution is 2.22. The lowest BCUT2D eigenvalue weighted by Gasteiger charge is -2.11. The molecule has 110 valence electrons. The van der Waals surface area contributed by atoms with Gasteiger partial charge in [-0.05, 0) is 37.6 Å². The maximum atomic E-state index is 5.82. The van der Waals surface area contributed by atoms with Gasteiger partial charge in [-0.3, -0.25) is 0 Å². The highest BCUT2D eigenvalue weighted by atomic mass is 16.5. The van der Waals surface area contributed by atoms with Gasteiger partial charge in [-0.15, -0.1) is 0 Å². The highest BCUT2D eigenvalue weighted by molar-refractivity contribution is 5.78. The number of aromatic nitrogens is 2. The summed E-state index contributed by atoms with van der Waals surface area (Å²) < 4.78 is 5.82. The number of rotatable bonds is 4. The number of nitrogens with zero attached hydrogens (tertiary/aromatic N) is 2. The number of hydrogen-bond acceptors (Lipinski definition) is 3. The van der Waals surface area contributed by atoms with E-state index in [9.17, 15) is 0 Å². The number of benzene rings is 2. The second-order valence-corrected chi connectivity index (χ2v) is 5.31. The molecule has 0 bridgehead atoms. The lowest BCUT2D eigenvalue weighted by molar-refractivity contribution is 0.232. The first-order valence-corrected chi connectivity index (χ1v) is 7.39. The van der Waals surface area contributed by atoms with E-state index < -0.39 is 0 Å². The van der Waals surface area contributed by atoms with Crippen molar-refractivity contribution in [2.45, 2.75) is 20.0 Å². The summed E-state index contributed by atoms with van der Waals surface area (Å²) in [5.41, 5.74) is 3.57. The topological polar surface area (TPSA) is 35.0 Å². The van der Waals surface area contributed by atoms with Gasteiger partial charge < -0.3 is 4.74 Å². The summed E-state index contributed by atoms with van der Waals surface area (Å²) >= 11 is 0. The van der Waals surface area contributed by atoms with E-state index in [0.717, 1.165) is 22.3 Å². The van der Waals surface area contributed by atoms with Crippen molar-refractivity contribution in [2.24, 2.45) is 0 Å². The molecule has 0 spiro atoms. The van der Waals surface area contributed by atoms with E-state index in [1.165, 1.54) is 0 Å².